The van der Waals surface area contributed by atoms with Crippen LogP contribution >= 0.6 is 0 Å². The number of phenolic OH excluding ortho intramolecular Hbond substituents is 1. The van der Waals surface area contributed by atoms with Crippen LogP contribution in [-0.4, -0.2) is 57.6 Å². The van der Waals surface area contributed by atoms with Crippen molar-refractivity contribution in [2.75, 3.05) is 0 Å². The molecule has 6 N–H and O–H groups in total. The van der Waals surface area contributed by atoms with Gasteiger partial charge in [0.15, 0.2) is 6.10 Å². The van der Waals surface area contributed by atoms with Crippen LogP contribution in [0.1, 0.15) is 50.0 Å². The van der Waals surface area contributed by atoms with E-state index in [4.69, 9.17) is 10.5 Å². The van der Waals surface area contributed by atoms with Gasteiger partial charge in [0.1, 0.15) is 23.5 Å². The quantitative estimate of drug-likeness (QED) is 0.399. The lowest BCUT2D eigenvalue weighted by molar-refractivity contribution is -0.138. The Kier molecular flexibility index (Phi) is 7.62. The summed E-state index contributed by atoms with van der Waals surface area (Å²) in [4.78, 5) is 25.0. The van der Waals surface area contributed by atoms with Crippen molar-refractivity contribution in [2.24, 2.45) is 17.6 Å². The second kappa shape index (κ2) is 9.56. The molecule has 1 aliphatic heterocycles. The number of fused-ring (bicyclic) bond motifs is 1. The third-order valence-corrected chi connectivity index (χ3v) is 5.27. The van der Waals surface area contributed by atoms with E-state index >= 15 is 0 Å². The number of aliphatic hydroxyl groups is 2. The van der Waals surface area contributed by atoms with Crippen molar-refractivity contribution < 1.29 is 29.6 Å². The van der Waals surface area contributed by atoms with Crippen LogP contribution in [0.2, 0.25) is 0 Å². The summed E-state index contributed by atoms with van der Waals surface area (Å²) in [7, 11) is 0. The van der Waals surface area contributed by atoms with Gasteiger partial charge in [0.25, 0.3) is 5.91 Å². The molecule has 0 unspecified atom stereocenters. The summed E-state index contributed by atoms with van der Waals surface area (Å²) in [5.74, 6) is -1.51. The molecule has 1 amide bonds. The lowest BCUT2D eigenvalue weighted by atomic mass is 9.90. The van der Waals surface area contributed by atoms with E-state index in [0.29, 0.717) is 18.4 Å². The van der Waals surface area contributed by atoms with Crippen LogP contribution < -0.4 is 11.1 Å². The molecule has 1 heterocycles. The van der Waals surface area contributed by atoms with E-state index in [2.05, 4.69) is 5.32 Å². The third-order valence-electron chi connectivity index (χ3n) is 5.27. The van der Waals surface area contributed by atoms with Gasteiger partial charge in [-0.25, -0.2) is 4.79 Å². The molecule has 0 aromatic heterocycles. The maximum Gasteiger partial charge on any atom is 0.342 e. The van der Waals surface area contributed by atoms with Crippen molar-refractivity contribution >= 4 is 11.9 Å². The van der Waals surface area contributed by atoms with Gasteiger partial charge in [-0.1, -0.05) is 39.8 Å². The molecule has 1 aromatic rings. The molecule has 8 nitrogen and oxygen atoms in total. The Bertz CT molecular complexity index is 736. The summed E-state index contributed by atoms with van der Waals surface area (Å²) >= 11 is 0. The van der Waals surface area contributed by atoms with Crippen LogP contribution in [-0.2, 0) is 16.0 Å². The highest BCUT2D eigenvalue weighted by molar-refractivity contribution is 5.95. The molecule has 0 saturated heterocycles. The first-order valence-electron chi connectivity index (χ1n) is 9.96. The van der Waals surface area contributed by atoms with E-state index in [9.17, 15) is 24.9 Å². The summed E-state index contributed by atoms with van der Waals surface area (Å²) in [6.45, 7) is 7.50. The lowest BCUT2D eigenvalue weighted by Gasteiger charge is -2.34. The molecule has 0 bridgehead atoms. The van der Waals surface area contributed by atoms with Crippen molar-refractivity contribution in [3.8, 4) is 5.75 Å². The fraction of sp³-hybridized carbons (Fsp3) is 0.619. The van der Waals surface area contributed by atoms with Crippen molar-refractivity contribution in [3.63, 3.8) is 0 Å². The number of carbonyl (C=O) groups excluding carboxylic acids is 2. The number of carbonyl (C=O) groups is 2. The number of aromatic hydroxyl groups is 1. The van der Waals surface area contributed by atoms with Gasteiger partial charge in [-0.05, 0) is 29.9 Å². The Hall–Kier alpha value is -2.16. The number of phenols is 1. The molecule has 29 heavy (non-hydrogen) atoms. The predicted octanol–water partition coefficient (Wildman–Crippen LogP) is 0.710. The first kappa shape index (κ1) is 23.1. The Balaban J connectivity index is 2.18. The molecule has 0 aliphatic carbocycles. The molecule has 5 atom stereocenters. The smallest absolute Gasteiger partial charge is 0.342 e. The first-order chi connectivity index (χ1) is 13.5. The van der Waals surface area contributed by atoms with Crippen LogP contribution in [0, 0.1) is 11.8 Å². The maximum absolute atomic E-state index is 12.6. The van der Waals surface area contributed by atoms with Crippen molar-refractivity contribution in [1.82, 2.24) is 5.32 Å². The number of amides is 1. The van der Waals surface area contributed by atoms with E-state index in [0.717, 1.165) is 0 Å². The second-order valence-electron chi connectivity index (χ2n) is 8.46. The van der Waals surface area contributed by atoms with Gasteiger partial charge in [-0.2, -0.15) is 0 Å². The molecule has 0 saturated carbocycles. The molecule has 0 radical (unpaired) electrons. The van der Waals surface area contributed by atoms with Crippen LogP contribution in [0.5, 0.6) is 5.75 Å². The van der Waals surface area contributed by atoms with Gasteiger partial charge < -0.3 is 31.1 Å². The van der Waals surface area contributed by atoms with E-state index in [1.165, 1.54) is 6.07 Å². The number of hydrogen-bond acceptors (Lipinski definition) is 7. The number of aliphatic hydroxyl groups excluding tert-OH is 2. The van der Waals surface area contributed by atoms with Crippen LogP contribution in [0.15, 0.2) is 18.2 Å². The topological polar surface area (TPSA) is 142 Å². The largest absolute Gasteiger partial charge is 0.507 e. The van der Waals surface area contributed by atoms with Gasteiger partial charge in [-0.3, -0.25) is 4.79 Å². The fourth-order valence-electron chi connectivity index (χ4n) is 3.51. The zero-order valence-corrected chi connectivity index (χ0v) is 17.3. The Labute approximate surface area is 171 Å². The predicted molar refractivity (Wildman–Crippen MR) is 107 cm³/mol. The molecule has 8 heteroatoms. The van der Waals surface area contributed by atoms with Gasteiger partial charge in [-0.15, -0.1) is 0 Å². The fourth-order valence-corrected chi connectivity index (χ4v) is 3.51. The highest BCUT2D eigenvalue weighted by atomic mass is 16.5. The van der Waals surface area contributed by atoms with Gasteiger partial charge >= 0.3 is 5.97 Å². The average Bonchev–Trinajstić information content (AvgIpc) is 2.64. The number of hydrogen-bond donors (Lipinski definition) is 5. The minimum Gasteiger partial charge on any atom is -0.507 e. The first-order valence-corrected chi connectivity index (χ1v) is 9.96. The highest BCUT2D eigenvalue weighted by Gasteiger charge is 2.37. The Morgan fingerprint density at radius 2 is 1.93 bits per heavy atom. The van der Waals surface area contributed by atoms with Crippen LogP contribution in [0.4, 0.5) is 0 Å². The van der Waals surface area contributed by atoms with Crippen molar-refractivity contribution in [2.45, 2.75) is 70.9 Å². The van der Waals surface area contributed by atoms with Crippen LogP contribution in [0.3, 0.4) is 0 Å². The number of benzene rings is 1. The lowest BCUT2D eigenvalue weighted by Crippen LogP contribution is -2.56. The maximum atomic E-state index is 12.6. The SMILES string of the molecule is CC(C)C[C@H](NC(=O)[C@@H](O)[C@@H](O)[C@@H](N)C(C)C)[C@@H]1Cc2cccc(O)c2C(=O)O1. The molecule has 1 aliphatic rings. The van der Waals surface area contributed by atoms with E-state index < -0.39 is 42.3 Å². The second-order valence-corrected chi connectivity index (χ2v) is 8.46. The summed E-state index contributed by atoms with van der Waals surface area (Å²) in [6, 6.07) is 3.47. The van der Waals surface area contributed by atoms with Crippen LogP contribution in [0.25, 0.3) is 0 Å². The zero-order chi connectivity index (χ0) is 21.9. The minimum absolute atomic E-state index is 0.123. The van der Waals surface area contributed by atoms with Gasteiger partial charge in [0.05, 0.1) is 6.04 Å². The normalized spacial score (nSPS) is 20.6. The van der Waals surface area contributed by atoms with E-state index in [1.54, 1.807) is 26.0 Å². The summed E-state index contributed by atoms with van der Waals surface area (Å²) < 4.78 is 5.50. The Morgan fingerprint density at radius 3 is 2.52 bits per heavy atom. The number of rotatable bonds is 8. The number of nitrogens with two attached hydrogens (primary N) is 1. The number of ether oxygens (including phenoxy) is 1. The number of esters is 1. The average molecular weight is 408 g/mol. The van der Waals surface area contributed by atoms with Gasteiger partial charge in [0.2, 0.25) is 0 Å². The summed E-state index contributed by atoms with van der Waals surface area (Å²) in [5.41, 5.74) is 6.63. The number of nitrogens with one attached hydrogen (secondary N) is 1. The Morgan fingerprint density at radius 1 is 1.28 bits per heavy atom. The van der Waals surface area contributed by atoms with Crippen molar-refractivity contribution in [3.05, 3.63) is 29.3 Å². The summed E-state index contributed by atoms with van der Waals surface area (Å²) in [5, 5.41) is 33.1. The van der Waals surface area contributed by atoms with E-state index in [1.807, 2.05) is 13.8 Å². The molecular formula is C21H32N2O6. The standard InChI is InChI=1S/C21H32N2O6/c1-10(2)8-13(23-20(27)19(26)18(25)17(22)11(3)4)15-9-12-6-5-7-14(24)16(12)21(28)29-15/h5-7,10-11,13,15,17-19,24-26H,8-9,22H2,1-4H3,(H,23,27)/t13-,15-,17-,18-,19-/m0/s1. The zero-order valence-electron chi connectivity index (χ0n) is 17.3. The third kappa shape index (κ3) is 5.46. The minimum atomic E-state index is -1.70. The number of cyclic esters (lactones) is 1. The molecular weight excluding hydrogens is 376 g/mol. The van der Waals surface area contributed by atoms with Gasteiger partial charge in [0, 0.05) is 12.5 Å². The molecule has 0 fully saturated rings. The summed E-state index contributed by atoms with van der Waals surface area (Å²) in [6.07, 6.45) is -2.96. The molecule has 162 valence electrons. The molecule has 2 rings (SSSR count). The molecule has 1 aromatic carbocycles. The highest BCUT2D eigenvalue weighted by Crippen LogP contribution is 2.30. The molecule has 0 spiro atoms. The monoisotopic (exact) mass is 408 g/mol. The van der Waals surface area contributed by atoms with E-state index in [-0.39, 0.29) is 23.1 Å². The van der Waals surface area contributed by atoms with Crippen molar-refractivity contribution in [1.29, 1.82) is 0 Å².